The lowest BCUT2D eigenvalue weighted by atomic mass is 10.1. The highest BCUT2D eigenvalue weighted by Gasteiger charge is 2.23. The van der Waals surface area contributed by atoms with Crippen molar-refractivity contribution >= 4 is 23.9 Å². The third-order valence-electron chi connectivity index (χ3n) is 2.63. The highest BCUT2D eigenvalue weighted by atomic mass is 16.5. The Morgan fingerprint density at radius 3 is 2.19 bits per heavy atom. The average Bonchev–Trinajstić information content (AvgIpc) is 2.41. The standard InChI is InChI=1S/C12H21N3O6/c1-7(10(17)15(2)3)13-12(20)14-8(11(18)19)5-6-9(16)21-4/h7-8H,5-6H2,1-4H3,(H,18,19)(H2,13,14,20)/t7?,8-/m1/s1. The fraction of sp³-hybridized carbons (Fsp3) is 0.667. The number of likely N-dealkylation sites (N-methyl/N-ethyl adjacent to an activating group) is 1. The molecular weight excluding hydrogens is 282 g/mol. The number of nitrogens with zero attached hydrogens (tertiary/aromatic N) is 1. The van der Waals surface area contributed by atoms with Crippen molar-refractivity contribution in [2.45, 2.75) is 31.8 Å². The smallest absolute Gasteiger partial charge is 0.326 e. The quantitative estimate of drug-likeness (QED) is 0.527. The molecule has 21 heavy (non-hydrogen) atoms. The molecule has 2 atom stereocenters. The molecule has 120 valence electrons. The second kappa shape index (κ2) is 8.77. The number of urea groups is 1. The van der Waals surface area contributed by atoms with Gasteiger partial charge in [-0.2, -0.15) is 0 Å². The number of hydrogen-bond acceptors (Lipinski definition) is 5. The maximum absolute atomic E-state index is 11.6. The Morgan fingerprint density at radius 1 is 1.19 bits per heavy atom. The monoisotopic (exact) mass is 303 g/mol. The zero-order chi connectivity index (χ0) is 16.6. The van der Waals surface area contributed by atoms with E-state index in [2.05, 4.69) is 15.4 Å². The van der Waals surface area contributed by atoms with E-state index in [0.717, 1.165) is 0 Å². The summed E-state index contributed by atoms with van der Waals surface area (Å²) in [4.78, 5) is 46.5. The van der Waals surface area contributed by atoms with Crippen molar-refractivity contribution in [2.24, 2.45) is 0 Å². The summed E-state index contributed by atoms with van der Waals surface area (Å²) in [6.07, 6.45) is -0.245. The molecule has 3 N–H and O–H groups in total. The van der Waals surface area contributed by atoms with Crippen molar-refractivity contribution in [1.82, 2.24) is 15.5 Å². The van der Waals surface area contributed by atoms with Crippen molar-refractivity contribution < 1.29 is 29.0 Å². The van der Waals surface area contributed by atoms with E-state index >= 15 is 0 Å². The zero-order valence-electron chi connectivity index (χ0n) is 12.5. The van der Waals surface area contributed by atoms with Crippen molar-refractivity contribution in [1.29, 1.82) is 0 Å². The molecule has 0 radical (unpaired) electrons. The number of amides is 3. The van der Waals surface area contributed by atoms with Crippen molar-refractivity contribution in [3.63, 3.8) is 0 Å². The first-order valence-electron chi connectivity index (χ1n) is 6.26. The molecule has 0 aliphatic heterocycles. The highest BCUT2D eigenvalue weighted by Crippen LogP contribution is 2.00. The van der Waals surface area contributed by atoms with E-state index in [9.17, 15) is 19.2 Å². The third-order valence-corrected chi connectivity index (χ3v) is 2.63. The Kier molecular flexibility index (Phi) is 7.80. The van der Waals surface area contributed by atoms with Gasteiger partial charge in [0.05, 0.1) is 7.11 Å². The summed E-state index contributed by atoms with van der Waals surface area (Å²) in [7, 11) is 4.26. The largest absolute Gasteiger partial charge is 0.480 e. The molecule has 0 saturated heterocycles. The Balaban J connectivity index is 4.45. The minimum Gasteiger partial charge on any atom is -0.480 e. The number of esters is 1. The molecular formula is C12H21N3O6. The molecule has 0 aromatic rings. The molecule has 9 heteroatoms. The van der Waals surface area contributed by atoms with Gasteiger partial charge in [-0.25, -0.2) is 9.59 Å². The fourth-order valence-electron chi connectivity index (χ4n) is 1.47. The zero-order valence-corrected chi connectivity index (χ0v) is 12.5. The van der Waals surface area contributed by atoms with E-state index in [1.807, 2.05) is 0 Å². The van der Waals surface area contributed by atoms with E-state index in [1.54, 1.807) is 0 Å². The van der Waals surface area contributed by atoms with E-state index in [0.29, 0.717) is 0 Å². The number of hydrogen-bond donors (Lipinski definition) is 3. The van der Waals surface area contributed by atoms with Gasteiger partial charge in [-0.3, -0.25) is 9.59 Å². The second-order valence-electron chi connectivity index (χ2n) is 4.58. The highest BCUT2D eigenvalue weighted by molar-refractivity contribution is 5.88. The van der Waals surface area contributed by atoms with Crippen LogP contribution in [0.25, 0.3) is 0 Å². The maximum atomic E-state index is 11.6. The first-order valence-corrected chi connectivity index (χ1v) is 6.26. The van der Waals surface area contributed by atoms with Gasteiger partial charge < -0.3 is 25.4 Å². The van der Waals surface area contributed by atoms with Gasteiger partial charge in [-0.05, 0) is 13.3 Å². The molecule has 0 heterocycles. The van der Waals surface area contributed by atoms with Gasteiger partial charge in [-0.15, -0.1) is 0 Å². The van der Waals surface area contributed by atoms with Crippen molar-refractivity contribution in [2.75, 3.05) is 21.2 Å². The van der Waals surface area contributed by atoms with E-state index < -0.39 is 30.1 Å². The Labute approximate surface area is 122 Å². The van der Waals surface area contributed by atoms with Gasteiger partial charge in [0.15, 0.2) is 0 Å². The van der Waals surface area contributed by atoms with Crippen LogP contribution in [0.5, 0.6) is 0 Å². The van der Waals surface area contributed by atoms with Crippen LogP contribution >= 0.6 is 0 Å². The molecule has 0 aliphatic rings. The van der Waals surface area contributed by atoms with Crippen molar-refractivity contribution in [3.05, 3.63) is 0 Å². The summed E-state index contributed by atoms with van der Waals surface area (Å²) in [5, 5.41) is 13.5. The summed E-state index contributed by atoms with van der Waals surface area (Å²) in [5.41, 5.74) is 0. The van der Waals surface area contributed by atoms with Crippen LogP contribution in [0, 0.1) is 0 Å². The number of carbonyl (C=O) groups excluding carboxylic acids is 3. The molecule has 3 amide bonds. The SMILES string of the molecule is COC(=O)CC[C@@H](NC(=O)NC(C)C(=O)N(C)C)C(=O)O. The molecule has 0 rings (SSSR count). The van der Waals surface area contributed by atoms with Gasteiger partial charge >= 0.3 is 18.0 Å². The molecule has 0 fully saturated rings. The summed E-state index contributed by atoms with van der Waals surface area (Å²) < 4.78 is 4.40. The topological polar surface area (TPSA) is 125 Å². The van der Waals surface area contributed by atoms with E-state index in [4.69, 9.17) is 5.11 Å². The lowest BCUT2D eigenvalue weighted by Gasteiger charge is -2.20. The number of aliphatic carboxylic acids is 1. The van der Waals surface area contributed by atoms with Gasteiger partial charge in [0, 0.05) is 20.5 Å². The molecule has 0 bridgehead atoms. The number of nitrogens with one attached hydrogen (secondary N) is 2. The van der Waals surface area contributed by atoms with Crippen LogP contribution in [0.3, 0.4) is 0 Å². The molecule has 9 nitrogen and oxygen atoms in total. The molecule has 0 saturated carbocycles. The predicted molar refractivity (Wildman–Crippen MR) is 72.5 cm³/mol. The lowest BCUT2D eigenvalue weighted by molar-refractivity contribution is -0.142. The molecule has 0 spiro atoms. The Morgan fingerprint density at radius 2 is 1.76 bits per heavy atom. The van der Waals surface area contributed by atoms with Gasteiger partial charge in [0.1, 0.15) is 12.1 Å². The average molecular weight is 303 g/mol. The molecule has 0 aromatic heterocycles. The number of methoxy groups -OCH3 is 1. The van der Waals surface area contributed by atoms with Crippen LogP contribution < -0.4 is 10.6 Å². The van der Waals surface area contributed by atoms with Crippen molar-refractivity contribution in [3.8, 4) is 0 Å². The molecule has 1 unspecified atom stereocenters. The number of carboxylic acid groups (broad SMARTS) is 1. The van der Waals surface area contributed by atoms with Gasteiger partial charge in [0.25, 0.3) is 0 Å². The van der Waals surface area contributed by atoms with E-state index in [-0.39, 0.29) is 18.7 Å². The van der Waals surface area contributed by atoms with Gasteiger partial charge in [-0.1, -0.05) is 0 Å². The Hall–Kier alpha value is -2.32. The van der Waals surface area contributed by atoms with Crippen LogP contribution in [0.15, 0.2) is 0 Å². The Bertz CT molecular complexity index is 410. The third kappa shape index (κ3) is 7.14. The lowest BCUT2D eigenvalue weighted by Crippen LogP contribution is -2.52. The number of carbonyl (C=O) groups is 4. The van der Waals surface area contributed by atoms with Crippen LogP contribution in [0.4, 0.5) is 4.79 Å². The summed E-state index contributed by atoms with van der Waals surface area (Å²) in [5.74, 6) is -2.17. The maximum Gasteiger partial charge on any atom is 0.326 e. The van der Waals surface area contributed by atoms with Crippen LogP contribution in [0.2, 0.25) is 0 Å². The number of ether oxygens (including phenoxy) is 1. The first kappa shape index (κ1) is 18.7. The molecule has 0 aromatic carbocycles. The summed E-state index contributed by atoms with van der Waals surface area (Å²) in [6.45, 7) is 1.48. The fourth-order valence-corrected chi connectivity index (χ4v) is 1.47. The van der Waals surface area contributed by atoms with Gasteiger partial charge in [0.2, 0.25) is 5.91 Å². The minimum absolute atomic E-state index is 0.106. The van der Waals surface area contributed by atoms with Crippen LogP contribution in [0.1, 0.15) is 19.8 Å². The minimum atomic E-state index is -1.28. The summed E-state index contributed by atoms with van der Waals surface area (Å²) in [6, 6.07) is -2.84. The summed E-state index contributed by atoms with van der Waals surface area (Å²) >= 11 is 0. The van der Waals surface area contributed by atoms with E-state index in [1.165, 1.54) is 33.0 Å². The van der Waals surface area contributed by atoms with Crippen LogP contribution in [-0.2, 0) is 19.1 Å². The number of carboxylic acids is 1. The number of rotatable bonds is 7. The predicted octanol–water partition coefficient (Wildman–Crippen LogP) is -0.831. The molecule has 0 aliphatic carbocycles. The second-order valence-corrected chi connectivity index (χ2v) is 4.58. The normalized spacial score (nSPS) is 12.8. The van der Waals surface area contributed by atoms with Crippen LogP contribution in [-0.4, -0.2) is 67.2 Å². The first-order chi connectivity index (χ1) is 9.68.